The van der Waals surface area contributed by atoms with Gasteiger partial charge in [0.1, 0.15) is 17.9 Å². The molecular formula is C12H13N3O5. The molecule has 2 aromatic rings. The summed E-state index contributed by atoms with van der Waals surface area (Å²) in [5, 5.41) is 11.6. The Morgan fingerprint density at radius 3 is 2.75 bits per heavy atom. The molecule has 20 heavy (non-hydrogen) atoms. The third kappa shape index (κ3) is 2.69. The summed E-state index contributed by atoms with van der Waals surface area (Å²) in [5.41, 5.74) is 1.07. The Hall–Kier alpha value is -2.61. The summed E-state index contributed by atoms with van der Waals surface area (Å²) in [6.45, 7) is 0.230. The third-order valence-electron chi connectivity index (χ3n) is 2.58. The number of nitrogens with one attached hydrogen (secondary N) is 2. The average Bonchev–Trinajstić information content (AvgIpc) is 2.80. The van der Waals surface area contributed by atoms with Gasteiger partial charge in [0, 0.05) is 12.8 Å². The van der Waals surface area contributed by atoms with E-state index in [9.17, 15) is 14.7 Å². The number of hydrogen-bond donors (Lipinski definition) is 3. The van der Waals surface area contributed by atoms with E-state index in [4.69, 9.17) is 4.74 Å². The van der Waals surface area contributed by atoms with Crippen molar-refractivity contribution in [3.05, 3.63) is 23.5 Å². The number of aromatic carboxylic acids is 1. The monoisotopic (exact) mass is 279 g/mol. The molecule has 0 fully saturated rings. The largest absolute Gasteiger partial charge is 0.478 e. The Morgan fingerprint density at radius 1 is 1.40 bits per heavy atom. The van der Waals surface area contributed by atoms with Gasteiger partial charge in [-0.1, -0.05) is 0 Å². The lowest BCUT2D eigenvalue weighted by atomic mass is 10.1. The van der Waals surface area contributed by atoms with Crippen molar-refractivity contribution in [3.8, 4) is 0 Å². The van der Waals surface area contributed by atoms with Crippen LogP contribution in [0.15, 0.2) is 12.1 Å². The van der Waals surface area contributed by atoms with Crippen molar-refractivity contribution in [2.75, 3.05) is 19.5 Å². The van der Waals surface area contributed by atoms with Crippen LogP contribution in [0.3, 0.4) is 0 Å². The molecule has 106 valence electrons. The van der Waals surface area contributed by atoms with Crippen molar-refractivity contribution in [1.29, 1.82) is 0 Å². The van der Waals surface area contributed by atoms with Gasteiger partial charge in [0.25, 0.3) is 0 Å². The maximum absolute atomic E-state index is 11.3. The Labute approximate surface area is 113 Å². The van der Waals surface area contributed by atoms with Crippen LogP contribution in [0.2, 0.25) is 0 Å². The number of carbonyl (C=O) groups excluding carboxylic acids is 1. The van der Waals surface area contributed by atoms with Crippen LogP contribution in [-0.4, -0.2) is 41.4 Å². The second-order valence-electron chi connectivity index (χ2n) is 3.96. The molecule has 1 aromatic carbocycles. The van der Waals surface area contributed by atoms with Crippen molar-refractivity contribution in [2.24, 2.45) is 0 Å². The van der Waals surface area contributed by atoms with E-state index in [1.807, 2.05) is 0 Å². The van der Waals surface area contributed by atoms with Gasteiger partial charge in [-0.2, -0.15) is 0 Å². The van der Waals surface area contributed by atoms with Crippen LogP contribution >= 0.6 is 0 Å². The summed E-state index contributed by atoms with van der Waals surface area (Å²) in [5.74, 6) is -0.640. The summed E-state index contributed by atoms with van der Waals surface area (Å²) < 4.78 is 9.41. The number of carbonyl (C=O) groups is 2. The summed E-state index contributed by atoms with van der Waals surface area (Å²) >= 11 is 0. The van der Waals surface area contributed by atoms with E-state index >= 15 is 0 Å². The highest BCUT2D eigenvalue weighted by atomic mass is 16.5. The Bertz CT molecular complexity index is 664. The van der Waals surface area contributed by atoms with E-state index in [-0.39, 0.29) is 12.2 Å². The first kappa shape index (κ1) is 13.8. The molecule has 0 saturated heterocycles. The van der Waals surface area contributed by atoms with Crippen LogP contribution in [0.5, 0.6) is 0 Å². The van der Waals surface area contributed by atoms with E-state index in [1.54, 1.807) is 6.07 Å². The zero-order valence-corrected chi connectivity index (χ0v) is 10.9. The standard InChI is InChI=1S/C12H13N3O5/c1-19-5-9-14-8-4-6(13-12(18)20-2)3-7(11(16)17)10(8)15-9/h3-4H,5H2,1-2H3,(H,13,18)(H,14,15)(H,16,17). The first-order chi connectivity index (χ1) is 9.55. The molecule has 0 spiro atoms. The quantitative estimate of drug-likeness (QED) is 0.783. The molecule has 0 unspecified atom stereocenters. The van der Waals surface area contributed by atoms with Crippen molar-refractivity contribution in [2.45, 2.75) is 6.61 Å². The average molecular weight is 279 g/mol. The maximum atomic E-state index is 11.3. The number of hydrogen-bond acceptors (Lipinski definition) is 5. The van der Waals surface area contributed by atoms with Gasteiger partial charge in [-0.3, -0.25) is 5.32 Å². The van der Waals surface area contributed by atoms with Crippen LogP contribution in [0, 0.1) is 0 Å². The van der Waals surface area contributed by atoms with E-state index < -0.39 is 12.1 Å². The molecule has 1 heterocycles. The Morgan fingerprint density at radius 2 is 2.15 bits per heavy atom. The highest BCUT2D eigenvalue weighted by molar-refractivity contribution is 6.03. The van der Waals surface area contributed by atoms with Crippen LogP contribution in [0.25, 0.3) is 11.0 Å². The number of methoxy groups -OCH3 is 2. The van der Waals surface area contributed by atoms with Gasteiger partial charge in [0.15, 0.2) is 0 Å². The number of nitrogens with zero attached hydrogens (tertiary/aromatic N) is 1. The number of anilines is 1. The number of aromatic nitrogens is 2. The number of carboxylic acid groups (broad SMARTS) is 1. The van der Waals surface area contributed by atoms with Gasteiger partial charge in [0.2, 0.25) is 0 Å². The second-order valence-corrected chi connectivity index (χ2v) is 3.96. The molecule has 0 atom stereocenters. The van der Waals surface area contributed by atoms with Crippen LogP contribution in [-0.2, 0) is 16.1 Å². The second kappa shape index (κ2) is 5.57. The molecule has 0 aliphatic heterocycles. The van der Waals surface area contributed by atoms with Crippen molar-refractivity contribution in [1.82, 2.24) is 9.97 Å². The van der Waals surface area contributed by atoms with Gasteiger partial charge in [-0.05, 0) is 12.1 Å². The number of amides is 1. The summed E-state index contributed by atoms with van der Waals surface area (Å²) in [4.78, 5) is 29.5. The number of carboxylic acids is 1. The van der Waals surface area contributed by atoms with Gasteiger partial charge in [-0.25, -0.2) is 14.6 Å². The summed E-state index contributed by atoms with van der Waals surface area (Å²) in [6.07, 6.45) is -0.683. The van der Waals surface area contributed by atoms with Crippen molar-refractivity contribution >= 4 is 28.8 Å². The SMILES string of the molecule is COCc1nc2c(C(=O)O)cc(NC(=O)OC)cc2[nH]1. The topological polar surface area (TPSA) is 114 Å². The fourth-order valence-electron chi connectivity index (χ4n) is 1.78. The number of rotatable bonds is 4. The zero-order valence-electron chi connectivity index (χ0n) is 10.9. The number of H-pyrrole nitrogens is 1. The number of imidazole rings is 1. The molecule has 2 rings (SSSR count). The van der Waals surface area contributed by atoms with E-state index in [0.717, 1.165) is 0 Å². The van der Waals surface area contributed by atoms with Crippen LogP contribution < -0.4 is 5.32 Å². The molecule has 1 amide bonds. The van der Waals surface area contributed by atoms with Gasteiger partial charge in [-0.15, -0.1) is 0 Å². The number of fused-ring (bicyclic) bond motifs is 1. The van der Waals surface area contributed by atoms with E-state index in [1.165, 1.54) is 20.3 Å². The van der Waals surface area contributed by atoms with Crippen molar-refractivity contribution < 1.29 is 24.2 Å². The molecule has 0 saturated carbocycles. The molecule has 1 aromatic heterocycles. The molecule has 0 aliphatic rings. The third-order valence-corrected chi connectivity index (χ3v) is 2.58. The Kier molecular flexibility index (Phi) is 3.85. The number of ether oxygens (including phenoxy) is 2. The lowest BCUT2D eigenvalue weighted by molar-refractivity contribution is 0.0698. The summed E-state index contributed by atoms with van der Waals surface area (Å²) in [6, 6.07) is 2.89. The lowest BCUT2D eigenvalue weighted by Crippen LogP contribution is -2.11. The maximum Gasteiger partial charge on any atom is 0.411 e. The van der Waals surface area contributed by atoms with E-state index in [2.05, 4.69) is 20.0 Å². The fourth-order valence-corrected chi connectivity index (χ4v) is 1.78. The molecular weight excluding hydrogens is 266 g/mol. The molecule has 3 N–H and O–H groups in total. The fraction of sp³-hybridized carbons (Fsp3) is 0.250. The minimum atomic E-state index is -1.14. The first-order valence-corrected chi connectivity index (χ1v) is 5.65. The van der Waals surface area contributed by atoms with E-state index in [0.29, 0.717) is 22.5 Å². The highest BCUT2D eigenvalue weighted by Gasteiger charge is 2.15. The van der Waals surface area contributed by atoms with Gasteiger partial charge >= 0.3 is 12.1 Å². The first-order valence-electron chi connectivity index (χ1n) is 5.65. The Balaban J connectivity index is 2.52. The predicted molar refractivity (Wildman–Crippen MR) is 69.8 cm³/mol. The zero-order chi connectivity index (χ0) is 14.7. The normalized spacial score (nSPS) is 10.5. The van der Waals surface area contributed by atoms with Gasteiger partial charge in [0.05, 0.1) is 18.2 Å². The highest BCUT2D eigenvalue weighted by Crippen LogP contribution is 2.23. The lowest BCUT2D eigenvalue weighted by Gasteiger charge is -2.05. The summed E-state index contributed by atoms with van der Waals surface area (Å²) in [7, 11) is 2.73. The molecule has 0 aliphatic carbocycles. The smallest absolute Gasteiger partial charge is 0.411 e. The molecule has 8 nitrogen and oxygen atoms in total. The number of benzene rings is 1. The van der Waals surface area contributed by atoms with Crippen LogP contribution in [0.4, 0.5) is 10.5 Å². The molecule has 8 heteroatoms. The van der Waals surface area contributed by atoms with Crippen molar-refractivity contribution in [3.63, 3.8) is 0 Å². The van der Waals surface area contributed by atoms with Gasteiger partial charge < -0.3 is 19.6 Å². The molecule has 0 radical (unpaired) electrons. The predicted octanol–water partition coefficient (Wildman–Crippen LogP) is 1.59. The number of aromatic amines is 1. The minimum Gasteiger partial charge on any atom is -0.478 e. The minimum absolute atomic E-state index is 0.0208. The molecule has 0 bridgehead atoms. The van der Waals surface area contributed by atoms with Crippen LogP contribution in [0.1, 0.15) is 16.2 Å².